The van der Waals surface area contributed by atoms with Crippen molar-refractivity contribution in [1.29, 1.82) is 0 Å². The van der Waals surface area contributed by atoms with E-state index in [1.54, 1.807) is 41.3 Å². The molecule has 0 saturated carbocycles. The zero-order valence-corrected chi connectivity index (χ0v) is 16.5. The predicted octanol–water partition coefficient (Wildman–Crippen LogP) is 4.66. The second-order valence-electron chi connectivity index (χ2n) is 6.66. The van der Waals surface area contributed by atoms with Crippen molar-refractivity contribution < 1.29 is 19.4 Å². The van der Waals surface area contributed by atoms with Crippen LogP contribution in [-0.2, 0) is 4.79 Å². The number of aliphatic hydroxyl groups excluding tert-OH is 1. The van der Waals surface area contributed by atoms with Gasteiger partial charge in [0, 0.05) is 11.4 Å². The van der Waals surface area contributed by atoms with Gasteiger partial charge in [-0.1, -0.05) is 42.5 Å². The fourth-order valence-electron chi connectivity index (χ4n) is 3.09. The van der Waals surface area contributed by atoms with Crippen LogP contribution in [0.2, 0.25) is 0 Å². The van der Waals surface area contributed by atoms with Crippen LogP contribution in [0.4, 0.5) is 10.1 Å². The van der Waals surface area contributed by atoms with Gasteiger partial charge in [0.1, 0.15) is 11.6 Å². The molecule has 6 heteroatoms. The van der Waals surface area contributed by atoms with Gasteiger partial charge in [0.2, 0.25) is 5.91 Å². The number of carbonyl (C=O) groups excluding carboxylic acids is 1. The van der Waals surface area contributed by atoms with Crippen molar-refractivity contribution in [2.24, 2.45) is 0 Å². The summed E-state index contributed by atoms with van der Waals surface area (Å²) in [4.78, 5) is 13.4. The Morgan fingerprint density at radius 1 is 1.00 bits per heavy atom. The Bertz CT molecular complexity index is 933. The molecule has 1 fully saturated rings. The van der Waals surface area contributed by atoms with E-state index in [-0.39, 0.29) is 23.5 Å². The van der Waals surface area contributed by atoms with Gasteiger partial charge < -0.3 is 15.1 Å². The fourth-order valence-corrected chi connectivity index (χ4v) is 3.30. The number of aliphatic hydroxyl groups is 1. The van der Waals surface area contributed by atoms with Gasteiger partial charge in [-0.05, 0) is 47.5 Å². The normalized spacial score (nSPS) is 16.4. The van der Waals surface area contributed by atoms with E-state index in [2.05, 4.69) is 12.6 Å². The second-order valence-corrected chi connectivity index (χ2v) is 7.03. The predicted molar refractivity (Wildman–Crippen MR) is 115 cm³/mol. The largest absolute Gasteiger partial charge is 0.508 e. The number of rotatable bonds is 4. The average Bonchev–Trinajstić information content (AvgIpc) is 2.75. The van der Waals surface area contributed by atoms with Gasteiger partial charge in [0.15, 0.2) is 0 Å². The first-order valence-corrected chi connectivity index (χ1v) is 9.83. The van der Waals surface area contributed by atoms with Crippen LogP contribution < -0.4 is 4.90 Å². The number of nitrogens with zero attached hydrogens (tertiary/aromatic N) is 1. The lowest BCUT2D eigenvalue weighted by Crippen LogP contribution is -2.46. The maximum Gasteiger partial charge on any atom is 0.230 e. The topological polar surface area (TPSA) is 60.8 Å². The van der Waals surface area contributed by atoms with Crippen molar-refractivity contribution in [3.63, 3.8) is 0 Å². The summed E-state index contributed by atoms with van der Waals surface area (Å²) in [5, 5.41) is 18.5. The molecule has 1 aliphatic rings. The highest BCUT2D eigenvalue weighted by Gasteiger charge is 2.38. The molecule has 2 N–H and O–H groups in total. The summed E-state index contributed by atoms with van der Waals surface area (Å²) in [5.74, 6) is 0.370. The minimum atomic E-state index is -0.426. The minimum Gasteiger partial charge on any atom is -0.508 e. The van der Waals surface area contributed by atoms with Gasteiger partial charge >= 0.3 is 0 Å². The molecule has 1 aliphatic heterocycles. The first-order valence-electron chi connectivity index (χ1n) is 9.20. The van der Waals surface area contributed by atoms with Crippen molar-refractivity contribution in [3.8, 4) is 5.75 Å². The van der Waals surface area contributed by atoms with Gasteiger partial charge in [-0.3, -0.25) is 4.79 Å². The minimum absolute atomic E-state index is 0.0182. The van der Waals surface area contributed by atoms with E-state index < -0.39 is 6.10 Å². The lowest BCUT2D eigenvalue weighted by atomic mass is 9.93. The van der Waals surface area contributed by atoms with Crippen LogP contribution in [0.15, 0.2) is 78.9 Å². The number of hydrogen-bond acceptors (Lipinski definition) is 4. The third-order valence-electron chi connectivity index (χ3n) is 4.69. The van der Waals surface area contributed by atoms with Gasteiger partial charge in [0.25, 0.3) is 0 Å². The monoisotopic (exact) mass is 411 g/mol. The summed E-state index contributed by atoms with van der Waals surface area (Å²) in [5.41, 5.74) is 2.58. The number of anilines is 1. The zero-order valence-electron chi connectivity index (χ0n) is 15.6. The molecular formula is C23H22FNO3S. The number of halogens is 1. The van der Waals surface area contributed by atoms with E-state index in [0.717, 1.165) is 11.1 Å². The molecule has 0 spiro atoms. The molecule has 2 atom stereocenters. The Labute approximate surface area is 174 Å². The van der Waals surface area contributed by atoms with Crippen LogP contribution in [0.5, 0.6) is 5.75 Å². The Hall–Kier alpha value is -2.83. The van der Waals surface area contributed by atoms with Gasteiger partial charge in [-0.15, -0.1) is 0 Å². The van der Waals surface area contributed by atoms with E-state index in [1.807, 2.05) is 30.3 Å². The average molecular weight is 411 g/mol. The molecule has 0 radical (unpaired) electrons. The van der Waals surface area contributed by atoms with Gasteiger partial charge in [-0.2, -0.15) is 12.6 Å². The maximum atomic E-state index is 12.9. The van der Waals surface area contributed by atoms with E-state index in [4.69, 9.17) is 0 Å². The van der Waals surface area contributed by atoms with Crippen molar-refractivity contribution >= 4 is 24.2 Å². The van der Waals surface area contributed by atoms with Crippen LogP contribution in [0, 0.1) is 5.82 Å². The first-order chi connectivity index (χ1) is 14.0. The second kappa shape index (κ2) is 9.58. The molecule has 3 aromatic rings. The molecule has 2 unspecified atom stereocenters. The molecule has 0 bridgehead atoms. The van der Waals surface area contributed by atoms with Crippen molar-refractivity contribution in [3.05, 3.63) is 95.8 Å². The summed E-state index contributed by atoms with van der Waals surface area (Å²) >= 11 is 3.98. The van der Waals surface area contributed by atoms with Gasteiger partial charge in [0.05, 0.1) is 18.6 Å². The number of phenols is 1. The van der Waals surface area contributed by atoms with E-state index in [1.165, 1.54) is 12.1 Å². The Balaban J connectivity index is 0.000000204. The molecule has 0 aliphatic carbocycles. The standard InChI is InChI=1S/C15H12FNO2.C8H10OS/c16-11-3-5-12(6-4-11)17-14(9-15(17)19)10-1-7-13(18)8-2-10;9-8(6-10)7-4-2-1-3-5-7/h1-8,14,18H,9H2;1-5,8-10H,6H2. The van der Waals surface area contributed by atoms with Crippen LogP contribution in [0.1, 0.15) is 29.7 Å². The molecule has 4 rings (SSSR count). The third-order valence-corrected chi connectivity index (χ3v) is 5.03. The number of phenolic OH excluding ortho intramolecular Hbond substituents is 1. The highest BCUT2D eigenvalue weighted by atomic mass is 32.1. The Morgan fingerprint density at radius 3 is 2.17 bits per heavy atom. The summed E-state index contributed by atoms with van der Waals surface area (Å²) in [6, 6.07) is 22.1. The molecular weight excluding hydrogens is 389 g/mol. The molecule has 150 valence electrons. The van der Waals surface area contributed by atoms with Crippen molar-refractivity contribution in [2.75, 3.05) is 10.7 Å². The van der Waals surface area contributed by atoms with Crippen LogP contribution in [0.3, 0.4) is 0 Å². The lowest BCUT2D eigenvalue weighted by Gasteiger charge is -2.40. The summed E-state index contributed by atoms with van der Waals surface area (Å²) in [7, 11) is 0. The Kier molecular flexibility index (Phi) is 6.90. The van der Waals surface area contributed by atoms with Gasteiger partial charge in [-0.25, -0.2) is 4.39 Å². The summed E-state index contributed by atoms with van der Waals surface area (Å²) < 4.78 is 12.9. The van der Waals surface area contributed by atoms with Crippen LogP contribution >= 0.6 is 12.6 Å². The first kappa shape index (κ1) is 20.9. The number of aromatic hydroxyl groups is 1. The molecule has 29 heavy (non-hydrogen) atoms. The van der Waals surface area contributed by atoms with Crippen molar-refractivity contribution in [2.45, 2.75) is 18.6 Å². The third kappa shape index (κ3) is 5.16. The van der Waals surface area contributed by atoms with E-state index in [0.29, 0.717) is 17.9 Å². The molecule has 1 heterocycles. The SMILES string of the molecule is O=C1CC(c2ccc(O)cc2)N1c1ccc(F)cc1.OC(CS)c1ccccc1. The smallest absolute Gasteiger partial charge is 0.230 e. The molecule has 1 saturated heterocycles. The number of β-lactam (4-membered cyclic amide) rings is 1. The lowest BCUT2D eigenvalue weighted by molar-refractivity contribution is -0.124. The number of benzene rings is 3. The highest BCUT2D eigenvalue weighted by molar-refractivity contribution is 7.80. The molecule has 3 aromatic carbocycles. The summed E-state index contributed by atoms with van der Waals surface area (Å²) in [6.07, 6.45) is 0.00633. The maximum absolute atomic E-state index is 12.9. The highest BCUT2D eigenvalue weighted by Crippen LogP contribution is 2.39. The molecule has 0 aromatic heterocycles. The number of amides is 1. The van der Waals surface area contributed by atoms with Crippen LogP contribution in [-0.4, -0.2) is 21.9 Å². The summed E-state index contributed by atoms with van der Waals surface area (Å²) in [6.45, 7) is 0. The number of thiol groups is 1. The van der Waals surface area contributed by atoms with E-state index >= 15 is 0 Å². The fraction of sp³-hybridized carbons (Fsp3) is 0.174. The Morgan fingerprint density at radius 2 is 1.62 bits per heavy atom. The quantitative estimate of drug-likeness (QED) is 0.432. The molecule has 4 nitrogen and oxygen atoms in total. The molecule has 1 amide bonds. The number of carbonyl (C=O) groups is 1. The zero-order chi connectivity index (χ0) is 20.8. The number of hydrogen-bond donors (Lipinski definition) is 3. The van der Waals surface area contributed by atoms with Crippen LogP contribution in [0.25, 0.3) is 0 Å². The van der Waals surface area contributed by atoms with Crippen molar-refractivity contribution in [1.82, 2.24) is 0 Å². The van der Waals surface area contributed by atoms with E-state index in [9.17, 15) is 19.4 Å².